The molecule has 17 heavy (non-hydrogen) atoms. The number of nitrogens with zero attached hydrogens (tertiary/aromatic N) is 1. The number of rotatable bonds is 4. The van der Waals surface area contributed by atoms with Crippen molar-refractivity contribution in [2.24, 2.45) is 0 Å². The number of aromatic nitrogens is 1. The first-order valence-corrected chi connectivity index (χ1v) is 6.52. The van der Waals surface area contributed by atoms with E-state index in [0.717, 1.165) is 18.5 Å². The molecule has 0 aliphatic rings. The van der Waals surface area contributed by atoms with E-state index in [1.54, 1.807) is 10.9 Å². The molecule has 0 saturated heterocycles. The Kier molecular flexibility index (Phi) is 3.88. The smallest absolute Gasteiger partial charge is 0.275 e. The maximum Gasteiger partial charge on any atom is 0.275 e. The van der Waals surface area contributed by atoms with Crippen molar-refractivity contribution in [2.45, 2.75) is 19.8 Å². The Hall–Kier alpha value is -1.68. The van der Waals surface area contributed by atoms with Gasteiger partial charge in [-0.2, -0.15) is 0 Å². The van der Waals surface area contributed by atoms with E-state index in [1.165, 1.54) is 16.9 Å². The molecular weight excluding hydrogens is 232 g/mol. The lowest BCUT2D eigenvalue weighted by atomic mass is 10.1. The fourth-order valence-electron chi connectivity index (χ4n) is 1.56. The highest BCUT2D eigenvalue weighted by molar-refractivity contribution is 7.07. The summed E-state index contributed by atoms with van der Waals surface area (Å²) in [5.74, 6) is -0.158. The van der Waals surface area contributed by atoms with Crippen LogP contribution in [0, 0.1) is 0 Å². The molecule has 1 aromatic carbocycles. The molecule has 0 aliphatic carbocycles. The van der Waals surface area contributed by atoms with Gasteiger partial charge in [0.2, 0.25) is 0 Å². The van der Waals surface area contributed by atoms with Crippen LogP contribution in [-0.2, 0) is 6.42 Å². The van der Waals surface area contributed by atoms with E-state index in [9.17, 15) is 4.79 Å². The normalized spacial score (nSPS) is 10.2. The Balaban J connectivity index is 2.01. The number of hydrogen-bond donors (Lipinski definition) is 1. The average Bonchev–Trinajstić information content (AvgIpc) is 2.86. The van der Waals surface area contributed by atoms with Gasteiger partial charge in [0.15, 0.2) is 0 Å². The molecule has 0 saturated carbocycles. The SMILES string of the molecule is CCCc1ccc(NC(=O)c2cscn2)cc1. The minimum atomic E-state index is -0.158. The maximum absolute atomic E-state index is 11.7. The number of anilines is 1. The molecule has 1 N–H and O–H groups in total. The van der Waals surface area contributed by atoms with Crippen LogP contribution in [0.4, 0.5) is 5.69 Å². The predicted molar refractivity (Wildman–Crippen MR) is 70.5 cm³/mol. The standard InChI is InChI=1S/C13H14N2OS/c1-2-3-10-4-6-11(7-5-10)15-13(16)12-8-17-9-14-12/h4-9H,2-3H2,1H3,(H,15,16). The zero-order chi connectivity index (χ0) is 12.1. The molecule has 0 unspecified atom stereocenters. The number of aryl methyl sites for hydroxylation is 1. The van der Waals surface area contributed by atoms with Crippen LogP contribution in [0.2, 0.25) is 0 Å². The summed E-state index contributed by atoms with van der Waals surface area (Å²) in [6, 6.07) is 7.94. The summed E-state index contributed by atoms with van der Waals surface area (Å²) in [5, 5.41) is 4.56. The summed E-state index contributed by atoms with van der Waals surface area (Å²) in [6.07, 6.45) is 2.20. The Morgan fingerprint density at radius 3 is 2.71 bits per heavy atom. The van der Waals surface area contributed by atoms with E-state index >= 15 is 0 Å². The minimum Gasteiger partial charge on any atom is -0.321 e. The van der Waals surface area contributed by atoms with Gasteiger partial charge in [0, 0.05) is 11.1 Å². The second kappa shape index (κ2) is 5.59. The van der Waals surface area contributed by atoms with Gasteiger partial charge in [-0.05, 0) is 24.1 Å². The Bertz CT molecular complexity index is 477. The van der Waals surface area contributed by atoms with E-state index in [1.807, 2.05) is 24.3 Å². The summed E-state index contributed by atoms with van der Waals surface area (Å²) < 4.78 is 0. The molecule has 2 rings (SSSR count). The number of thiazole rings is 1. The first kappa shape index (κ1) is 11.8. The third kappa shape index (κ3) is 3.14. The van der Waals surface area contributed by atoms with Crippen molar-refractivity contribution in [2.75, 3.05) is 5.32 Å². The second-order valence-corrected chi connectivity index (χ2v) is 4.49. The average molecular weight is 246 g/mol. The lowest BCUT2D eigenvalue weighted by molar-refractivity contribution is 0.102. The number of carbonyl (C=O) groups is 1. The molecule has 0 bridgehead atoms. The molecule has 0 aliphatic heterocycles. The molecule has 0 atom stereocenters. The summed E-state index contributed by atoms with van der Waals surface area (Å²) in [4.78, 5) is 15.7. The van der Waals surface area contributed by atoms with E-state index in [0.29, 0.717) is 5.69 Å². The highest BCUT2D eigenvalue weighted by Crippen LogP contribution is 2.12. The molecule has 2 aromatic rings. The van der Waals surface area contributed by atoms with Crippen molar-refractivity contribution in [3.05, 3.63) is 46.4 Å². The van der Waals surface area contributed by atoms with Gasteiger partial charge in [-0.1, -0.05) is 25.5 Å². The highest BCUT2D eigenvalue weighted by Gasteiger charge is 2.07. The molecule has 0 fully saturated rings. The van der Waals surface area contributed by atoms with Crippen LogP contribution in [0.5, 0.6) is 0 Å². The van der Waals surface area contributed by atoms with Gasteiger partial charge in [0.1, 0.15) is 5.69 Å². The largest absolute Gasteiger partial charge is 0.321 e. The van der Waals surface area contributed by atoms with Crippen molar-refractivity contribution in [1.82, 2.24) is 4.98 Å². The van der Waals surface area contributed by atoms with Crippen LogP contribution in [-0.4, -0.2) is 10.9 Å². The summed E-state index contributed by atoms with van der Waals surface area (Å²) >= 11 is 1.42. The van der Waals surface area contributed by atoms with Crippen LogP contribution in [0.1, 0.15) is 29.4 Å². The first-order chi connectivity index (χ1) is 8.29. The highest BCUT2D eigenvalue weighted by atomic mass is 32.1. The lowest BCUT2D eigenvalue weighted by Crippen LogP contribution is -2.11. The van der Waals surface area contributed by atoms with Crippen LogP contribution >= 0.6 is 11.3 Å². The molecule has 0 spiro atoms. The predicted octanol–water partition coefficient (Wildman–Crippen LogP) is 3.35. The first-order valence-electron chi connectivity index (χ1n) is 5.58. The van der Waals surface area contributed by atoms with Gasteiger partial charge in [0.05, 0.1) is 5.51 Å². The molecule has 1 aromatic heterocycles. The van der Waals surface area contributed by atoms with Crippen LogP contribution in [0.15, 0.2) is 35.2 Å². The maximum atomic E-state index is 11.7. The van der Waals surface area contributed by atoms with Crippen molar-refractivity contribution in [3.63, 3.8) is 0 Å². The topological polar surface area (TPSA) is 42.0 Å². The van der Waals surface area contributed by atoms with Crippen molar-refractivity contribution in [3.8, 4) is 0 Å². The zero-order valence-electron chi connectivity index (χ0n) is 9.64. The Morgan fingerprint density at radius 1 is 1.35 bits per heavy atom. The summed E-state index contributed by atoms with van der Waals surface area (Å²) in [6.45, 7) is 2.15. The number of nitrogens with one attached hydrogen (secondary N) is 1. The van der Waals surface area contributed by atoms with Gasteiger partial charge in [-0.3, -0.25) is 4.79 Å². The van der Waals surface area contributed by atoms with Gasteiger partial charge >= 0.3 is 0 Å². The van der Waals surface area contributed by atoms with Gasteiger partial charge in [-0.25, -0.2) is 4.98 Å². The molecule has 3 nitrogen and oxygen atoms in total. The van der Waals surface area contributed by atoms with Crippen molar-refractivity contribution >= 4 is 22.9 Å². The molecular formula is C13H14N2OS. The number of carbonyl (C=O) groups excluding carboxylic acids is 1. The van der Waals surface area contributed by atoms with E-state index in [-0.39, 0.29) is 5.91 Å². The van der Waals surface area contributed by atoms with Gasteiger partial charge < -0.3 is 5.32 Å². The lowest BCUT2D eigenvalue weighted by Gasteiger charge is -2.04. The molecule has 4 heteroatoms. The molecule has 1 amide bonds. The van der Waals surface area contributed by atoms with Crippen LogP contribution in [0.3, 0.4) is 0 Å². The zero-order valence-corrected chi connectivity index (χ0v) is 10.5. The molecule has 0 radical (unpaired) electrons. The Labute approximate surface area is 105 Å². The van der Waals surface area contributed by atoms with Crippen molar-refractivity contribution < 1.29 is 4.79 Å². The van der Waals surface area contributed by atoms with Gasteiger partial charge in [0.25, 0.3) is 5.91 Å². The fraction of sp³-hybridized carbons (Fsp3) is 0.231. The minimum absolute atomic E-state index is 0.158. The number of hydrogen-bond acceptors (Lipinski definition) is 3. The van der Waals surface area contributed by atoms with E-state index in [2.05, 4.69) is 17.2 Å². The van der Waals surface area contributed by atoms with Crippen molar-refractivity contribution in [1.29, 1.82) is 0 Å². The van der Waals surface area contributed by atoms with Crippen LogP contribution in [0.25, 0.3) is 0 Å². The van der Waals surface area contributed by atoms with Gasteiger partial charge in [-0.15, -0.1) is 11.3 Å². The molecule has 1 heterocycles. The van der Waals surface area contributed by atoms with Crippen LogP contribution < -0.4 is 5.32 Å². The summed E-state index contributed by atoms with van der Waals surface area (Å²) in [7, 11) is 0. The number of amides is 1. The summed E-state index contributed by atoms with van der Waals surface area (Å²) in [5.41, 5.74) is 4.22. The van der Waals surface area contributed by atoms with E-state index in [4.69, 9.17) is 0 Å². The monoisotopic (exact) mass is 246 g/mol. The number of benzene rings is 1. The third-order valence-corrected chi connectivity index (χ3v) is 3.00. The Morgan fingerprint density at radius 2 is 2.12 bits per heavy atom. The van der Waals surface area contributed by atoms with E-state index < -0.39 is 0 Å². The molecule has 88 valence electrons. The second-order valence-electron chi connectivity index (χ2n) is 3.77. The quantitative estimate of drug-likeness (QED) is 0.899. The fourth-order valence-corrected chi connectivity index (χ4v) is 2.10. The third-order valence-electron chi connectivity index (χ3n) is 2.42.